The van der Waals surface area contributed by atoms with E-state index in [0.717, 1.165) is 71.5 Å². The van der Waals surface area contributed by atoms with Crippen LogP contribution in [0.4, 0.5) is 34.8 Å². The zero-order valence-electron chi connectivity index (χ0n) is 30.5. The van der Waals surface area contributed by atoms with Crippen LogP contribution in [0.1, 0.15) is 74.0 Å². The van der Waals surface area contributed by atoms with E-state index in [1.807, 2.05) is 71.4 Å². The summed E-state index contributed by atoms with van der Waals surface area (Å²) in [7, 11) is 0. The number of carbonyl (C=O) groups excluding carboxylic acids is 2. The smallest absolute Gasteiger partial charge is 0.248 e. The van der Waals surface area contributed by atoms with E-state index in [1.165, 1.54) is 32.1 Å². The molecule has 1 unspecified atom stereocenters. The van der Waals surface area contributed by atoms with Gasteiger partial charge in [-0.05, 0) is 112 Å². The first-order chi connectivity index (χ1) is 26.2. The molecule has 0 bridgehead atoms. The molecule has 9 rings (SSSR count). The molecule has 6 aromatic rings. The quantitative estimate of drug-likeness (QED) is 0.109. The summed E-state index contributed by atoms with van der Waals surface area (Å²) in [5.41, 5.74) is 11.4. The molecule has 0 radical (unpaired) electrons. The molecule has 14 heteroatoms. The van der Waals surface area contributed by atoms with Gasteiger partial charge in [0, 0.05) is 47.6 Å². The molecule has 3 aliphatic rings. The normalized spacial score (nSPS) is 17.8. The van der Waals surface area contributed by atoms with Gasteiger partial charge in [-0.1, -0.05) is 37.5 Å². The first-order valence-electron chi connectivity index (χ1n) is 18.6. The van der Waals surface area contributed by atoms with Crippen LogP contribution in [0.2, 0.25) is 0 Å². The lowest BCUT2D eigenvalue weighted by Crippen LogP contribution is -2.26. The third-order valence-electron chi connectivity index (χ3n) is 10.5. The zero-order chi connectivity index (χ0) is 37.2. The van der Waals surface area contributed by atoms with Crippen molar-refractivity contribution in [3.8, 4) is 0 Å². The lowest BCUT2D eigenvalue weighted by atomic mass is 9.86. The van der Waals surface area contributed by atoms with Gasteiger partial charge in [-0.2, -0.15) is 14.5 Å². The summed E-state index contributed by atoms with van der Waals surface area (Å²) >= 11 is 0. The van der Waals surface area contributed by atoms with Gasteiger partial charge in [0.25, 0.3) is 0 Å². The van der Waals surface area contributed by atoms with Gasteiger partial charge in [0.1, 0.15) is 5.82 Å². The number of primary amides is 1. The Morgan fingerprint density at radius 1 is 0.870 bits per heavy atom. The van der Waals surface area contributed by atoms with Gasteiger partial charge >= 0.3 is 0 Å². The topological polar surface area (TPSA) is 178 Å². The molecule has 278 valence electrons. The summed E-state index contributed by atoms with van der Waals surface area (Å²) in [5.74, 6) is 2.12. The van der Waals surface area contributed by atoms with Crippen molar-refractivity contribution in [2.45, 2.75) is 70.3 Å². The Morgan fingerprint density at radius 3 is 2.28 bits per heavy atom. The number of nitrogens with two attached hydrogens (primary N) is 1. The summed E-state index contributed by atoms with van der Waals surface area (Å²) in [4.78, 5) is 32.4. The van der Waals surface area contributed by atoms with Crippen molar-refractivity contribution in [1.82, 2.24) is 29.2 Å². The average Bonchev–Trinajstić information content (AvgIpc) is 3.96. The predicted octanol–water partition coefficient (Wildman–Crippen LogP) is 6.60. The van der Waals surface area contributed by atoms with Crippen LogP contribution in [0.25, 0.3) is 11.3 Å². The molecule has 2 fully saturated rings. The number of hydrogen-bond acceptors (Lipinski definition) is 10. The first kappa shape index (κ1) is 35.0. The van der Waals surface area contributed by atoms with E-state index in [0.29, 0.717) is 29.4 Å². The molecule has 2 amide bonds. The number of anilines is 6. The van der Waals surface area contributed by atoms with E-state index < -0.39 is 11.3 Å². The monoisotopic (exact) mass is 727 g/mol. The molecule has 54 heavy (non-hydrogen) atoms. The maximum Gasteiger partial charge on any atom is 0.248 e. The molecule has 0 spiro atoms. The van der Waals surface area contributed by atoms with Crippen LogP contribution in [-0.4, -0.2) is 60.3 Å². The Balaban J connectivity index is 0.000000154. The molecule has 1 aliphatic carbocycles. The number of nitrogens with zero attached hydrogens (tertiary/aromatic N) is 6. The Hall–Kier alpha value is -6.02. The van der Waals surface area contributed by atoms with Gasteiger partial charge in [0.05, 0.1) is 5.41 Å². The summed E-state index contributed by atoms with van der Waals surface area (Å²) < 4.78 is 9.23. The van der Waals surface area contributed by atoms with E-state index in [1.54, 1.807) is 24.3 Å². The van der Waals surface area contributed by atoms with Crippen molar-refractivity contribution < 1.29 is 14.3 Å². The van der Waals surface area contributed by atoms with E-state index in [4.69, 9.17) is 10.5 Å². The molecule has 6 heterocycles. The predicted molar refractivity (Wildman–Crippen MR) is 209 cm³/mol. The van der Waals surface area contributed by atoms with Gasteiger partial charge in [0.15, 0.2) is 11.3 Å². The first-order valence-corrected chi connectivity index (χ1v) is 18.6. The average molecular weight is 728 g/mol. The fourth-order valence-corrected chi connectivity index (χ4v) is 7.38. The number of rotatable bonds is 9. The maximum absolute atomic E-state index is 12.2. The number of hydrogen-bond donors (Lipinski definition) is 5. The highest BCUT2D eigenvalue weighted by Gasteiger charge is 2.38. The Labute approximate surface area is 312 Å². The number of carbonyl (C=O) groups is 2. The minimum atomic E-state index is -0.506. The highest BCUT2D eigenvalue weighted by molar-refractivity contribution is 6.06. The largest absolute Gasteiger partial charge is 0.381 e. The van der Waals surface area contributed by atoms with Crippen molar-refractivity contribution >= 4 is 57.9 Å². The SMILES string of the molecule is CC1(C)C(=O)Nc2cc(Nc3nc4cccc(CC5CCOC5)n4n3)ccc21.NC(=O)c1ccc(Nc2nc3cccc(NC4CCCCC4)n3n2)cc1. The number of ether oxygens (including phenoxy) is 1. The Kier molecular flexibility index (Phi) is 9.59. The van der Waals surface area contributed by atoms with E-state index in [9.17, 15) is 9.59 Å². The molecule has 14 nitrogen and oxygen atoms in total. The molecule has 6 N–H and O–H groups in total. The van der Waals surface area contributed by atoms with Crippen LogP contribution < -0.4 is 27.0 Å². The number of benzene rings is 2. The van der Waals surface area contributed by atoms with Crippen molar-refractivity contribution in [2.75, 3.05) is 34.5 Å². The third kappa shape index (κ3) is 7.42. The van der Waals surface area contributed by atoms with Gasteiger partial charge in [-0.3, -0.25) is 9.59 Å². The zero-order valence-corrected chi connectivity index (χ0v) is 30.5. The van der Waals surface area contributed by atoms with Crippen LogP contribution in [0.15, 0.2) is 78.9 Å². The second-order valence-corrected chi connectivity index (χ2v) is 14.8. The second-order valence-electron chi connectivity index (χ2n) is 14.8. The Bertz CT molecular complexity index is 2300. The minimum Gasteiger partial charge on any atom is -0.381 e. The molecule has 2 aliphatic heterocycles. The van der Waals surface area contributed by atoms with Crippen LogP contribution in [-0.2, 0) is 21.4 Å². The molecular weight excluding hydrogens is 683 g/mol. The highest BCUT2D eigenvalue weighted by Crippen LogP contribution is 2.39. The summed E-state index contributed by atoms with van der Waals surface area (Å²) in [6, 6.07) is 25.3. The molecule has 4 aromatic heterocycles. The van der Waals surface area contributed by atoms with Gasteiger partial charge in [0.2, 0.25) is 23.7 Å². The Morgan fingerprint density at radius 2 is 1.56 bits per heavy atom. The summed E-state index contributed by atoms with van der Waals surface area (Å²) in [6.07, 6.45) is 8.30. The van der Waals surface area contributed by atoms with Crippen LogP contribution >= 0.6 is 0 Å². The van der Waals surface area contributed by atoms with Crippen molar-refractivity contribution in [3.05, 3.63) is 95.7 Å². The highest BCUT2D eigenvalue weighted by atomic mass is 16.5. The minimum absolute atomic E-state index is 0.0195. The number of fused-ring (bicyclic) bond motifs is 3. The summed E-state index contributed by atoms with van der Waals surface area (Å²) in [6.45, 7) is 5.52. The van der Waals surface area contributed by atoms with Gasteiger partial charge in [-0.15, -0.1) is 10.2 Å². The van der Waals surface area contributed by atoms with Gasteiger partial charge in [-0.25, -0.2) is 4.52 Å². The lowest BCUT2D eigenvalue weighted by Gasteiger charge is -2.23. The van der Waals surface area contributed by atoms with Crippen LogP contribution in [0.3, 0.4) is 0 Å². The second kappa shape index (κ2) is 14.8. The number of amides is 2. The van der Waals surface area contributed by atoms with E-state index in [-0.39, 0.29) is 5.91 Å². The van der Waals surface area contributed by atoms with E-state index >= 15 is 0 Å². The van der Waals surface area contributed by atoms with Crippen LogP contribution in [0, 0.1) is 5.92 Å². The third-order valence-corrected chi connectivity index (χ3v) is 10.5. The van der Waals surface area contributed by atoms with Gasteiger partial charge < -0.3 is 31.7 Å². The molecule has 1 saturated heterocycles. The summed E-state index contributed by atoms with van der Waals surface area (Å²) in [5, 5.41) is 22.2. The molecule has 2 aromatic carbocycles. The standard InChI is InChI=1S/C21H23N5O2.C19H22N6O/c1-21(2)16-7-6-14(11-17(16)23-19(21)27)22-20-24-18-5-3-4-15(26(18)25-20)10-13-8-9-28-12-13;20-18(26)13-9-11-15(12-10-13)22-19-23-17-8-4-7-16(25(17)24-19)21-14-5-2-1-3-6-14/h3-7,11,13H,8-10,12H2,1-2H3,(H,22,25)(H,23,27);4,7-12,14,21H,1-3,5-6H2,(H2,20,26)(H,22,24). The fourth-order valence-electron chi connectivity index (χ4n) is 7.38. The lowest BCUT2D eigenvalue weighted by molar-refractivity contribution is -0.119. The number of nitrogens with one attached hydrogen (secondary N) is 4. The fraction of sp³-hybridized carbons (Fsp3) is 0.350. The molecule has 1 saturated carbocycles. The molecular formula is C40H45N11O3. The maximum atomic E-state index is 12.2. The van der Waals surface area contributed by atoms with Crippen molar-refractivity contribution in [3.63, 3.8) is 0 Å². The number of aromatic nitrogens is 6. The van der Waals surface area contributed by atoms with E-state index in [2.05, 4.69) is 47.5 Å². The number of pyridine rings is 2. The molecule has 1 atom stereocenters. The van der Waals surface area contributed by atoms with Crippen LogP contribution in [0.5, 0.6) is 0 Å². The van der Waals surface area contributed by atoms with Crippen molar-refractivity contribution in [1.29, 1.82) is 0 Å². The van der Waals surface area contributed by atoms with Crippen molar-refractivity contribution in [2.24, 2.45) is 11.7 Å².